The molecule has 0 aliphatic carbocycles. The lowest BCUT2D eigenvalue weighted by atomic mass is 10.2. The molecule has 0 aromatic carbocycles. The van der Waals surface area contributed by atoms with Gasteiger partial charge >= 0.3 is 0 Å². The minimum Gasteiger partial charge on any atom is -0.461 e. The minimum absolute atomic E-state index is 0.190. The van der Waals surface area contributed by atoms with Gasteiger partial charge in [0.15, 0.2) is 16.7 Å². The average molecular weight is 375 g/mol. The highest BCUT2D eigenvalue weighted by Gasteiger charge is 2.23. The van der Waals surface area contributed by atoms with E-state index < -0.39 is 0 Å². The van der Waals surface area contributed by atoms with Gasteiger partial charge in [0.1, 0.15) is 0 Å². The number of hydrogen-bond donors (Lipinski definition) is 1. The lowest BCUT2D eigenvalue weighted by Crippen LogP contribution is -2.23. The van der Waals surface area contributed by atoms with Crippen LogP contribution in [0.4, 0.5) is 5.88 Å². The number of rotatable bonds is 7. The lowest BCUT2D eigenvalue weighted by Gasteiger charge is -2.14. The van der Waals surface area contributed by atoms with E-state index in [-0.39, 0.29) is 11.2 Å². The van der Waals surface area contributed by atoms with Crippen LogP contribution in [0.25, 0.3) is 11.6 Å². The van der Waals surface area contributed by atoms with Crippen LogP contribution in [0.15, 0.2) is 38.6 Å². The number of anilines is 1. The first-order valence-electron chi connectivity index (χ1n) is 8.32. The molecule has 0 saturated carbocycles. The second-order valence-corrected chi connectivity index (χ2v) is 7.68. The largest absolute Gasteiger partial charge is 0.461 e. The third-order valence-electron chi connectivity index (χ3n) is 3.53. The quantitative estimate of drug-likeness (QED) is 0.630. The molecular weight excluding hydrogens is 354 g/mol. The first-order valence-corrected chi connectivity index (χ1v) is 9.20. The summed E-state index contributed by atoms with van der Waals surface area (Å²) in [4.78, 5) is 12.4. The molecule has 9 heteroatoms. The van der Waals surface area contributed by atoms with Gasteiger partial charge in [0.2, 0.25) is 11.8 Å². The molecule has 1 amide bonds. The maximum atomic E-state index is 12.4. The highest BCUT2D eigenvalue weighted by atomic mass is 32.2. The van der Waals surface area contributed by atoms with Gasteiger partial charge in [0, 0.05) is 12.6 Å². The van der Waals surface area contributed by atoms with Gasteiger partial charge < -0.3 is 8.94 Å². The van der Waals surface area contributed by atoms with E-state index in [2.05, 4.69) is 34.5 Å². The van der Waals surface area contributed by atoms with Crippen molar-refractivity contribution in [1.82, 2.24) is 19.9 Å². The van der Waals surface area contributed by atoms with E-state index >= 15 is 0 Å². The molecule has 3 aromatic heterocycles. The second-order valence-electron chi connectivity index (χ2n) is 6.37. The van der Waals surface area contributed by atoms with E-state index in [1.807, 2.05) is 23.6 Å². The zero-order valence-corrected chi connectivity index (χ0v) is 15.9. The fourth-order valence-electron chi connectivity index (χ4n) is 2.35. The number of furan rings is 1. The van der Waals surface area contributed by atoms with Crippen molar-refractivity contribution < 1.29 is 13.7 Å². The normalized spacial score (nSPS) is 12.5. The van der Waals surface area contributed by atoms with Gasteiger partial charge in [-0.3, -0.25) is 14.7 Å². The Morgan fingerprint density at radius 2 is 2.15 bits per heavy atom. The molecule has 3 heterocycles. The summed E-state index contributed by atoms with van der Waals surface area (Å²) in [5.41, 5.74) is 0.709. The number of amides is 1. The van der Waals surface area contributed by atoms with Crippen molar-refractivity contribution in [2.45, 2.75) is 44.6 Å². The summed E-state index contributed by atoms with van der Waals surface area (Å²) in [6.07, 6.45) is 1.60. The Morgan fingerprint density at radius 3 is 2.77 bits per heavy atom. The SMILES string of the molecule is Cc1cc(NC(=O)C(C)Sc2nnc(-c3ccco3)n2CC(C)C)on1. The van der Waals surface area contributed by atoms with Crippen LogP contribution in [0.1, 0.15) is 26.5 Å². The number of carbonyl (C=O) groups excluding carboxylic acids is 1. The zero-order valence-electron chi connectivity index (χ0n) is 15.1. The lowest BCUT2D eigenvalue weighted by molar-refractivity contribution is -0.115. The molecule has 26 heavy (non-hydrogen) atoms. The Bertz CT molecular complexity index is 869. The van der Waals surface area contributed by atoms with Crippen molar-refractivity contribution in [3.05, 3.63) is 30.2 Å². The molecule has 0 aliphatic rings. The summed E-state index contributed by atoms with van der Waals surface area (Å²) >= 11 is 1.34. The molecule has 0 aliphatic heterocycles. The molecule has 0 spiro atoms. The maximum Gasteiger partial charge on any atom is 0.240 e. The molecule has 1 unspecified atom stereocenters. The van der Waals surface area contributed by atoms with Crippen LogP contribution in [0, 0.1) is 12.8 Å². The Morgan fingerprint density at radius 1 is 1.35 bits per heavy atom. The van der Waals surface area contributed by atoms with E-state index in [9.17, 15) is 4.79 Å². The number of carbonyl (C=O) groups is 1. The summed E-state index contributed by atoms with van der Waals surface area (Å²) in [5.74, 6) is 1.84. The molecule has 1 N–H and O–H groups in total. The Labute approximate surface area is 155 Å². The van der Waals surface area contributed by atoms with E-state index in [0.717, 1.165) is 6.54 Å². The zero-order chi connectivity index (χ0) is 18.7. The van der Waals surface area contributed by atoms with Gasteiger partial charge in [-0.2, -0.15) is 0 Å². The third-order valence-corrected chi connectivity index (χ3v) is 4.61. The van der Waals surface area contributed by atoms with Gasteiger partial charge in [-0.1, -0.05) is 30.8 Å². The molecule has 0 fully saturated rings. The van der Waals surface area contributed by atoms with Gasteiger partial charge in [0.05, 0.1) is 17.2 Å². The van der Waals surface area contributed by atoms with Crippen molar-refractivity contribution in [1.29, 1.82) is 0 Å². The number of aromatic nitrogens is 4. The third kappa shape index (κ3) is 4.16. The summed E-state index contributed by atoms with van der Waals surface area (Å²) in [5, 5.41) is 15.3. The monoisotopic (exact) mass is 375 g/mol. The van der Waals surface area contributed by atoms with Crippen LogP contribution < -0.4 is 5.32 Å². The molecule has 8 nitrogen and oxygen atoms in total. The van der Waals surface area contributed by atoms with Crippen molar-refractivity contribution in [3.8, 4) is 11.6 Å². The van der Waals surface area contributed by atoms with E-state index in [0.29, 0.717) is 34.2 Å². The maximum absolute atomic E-state index is 12.4. The summed E-state index contributed by atoms with van der Waals surface area (Å²) in [6.45, 7) is 8.55. The van der Waals surface area contributed by atoms with Crippen LogP contribution in [0.2, 0.25) is 0 Å². The molecule has 138 valence electrons. The van der Waals surface area contributed by atoms with Crippen LogP contribution in [0.5, 0.6) is 0 Å². The number of nitrogens with one attached hydrogen (secondary N) is 1. The highest BCUT2D eigenvalue weighted by Crippen LogP contribution is 2.28. The number of hydrogen-bond acceptors (Lipinski definition) is 7. The smallest absolute Gasteiger partial charge is 0.240 e. The fourth-order valence-corrected chi connectivity index (χ4v) is 3.21. The van der Waals surface area contributed by atoms with Crippen LogP contribution in [-0.4, -0.2) is 31.1 Å². The Kier molecular flexibility index (Phi) is 5.46. The van der Waals surface area contributed by atoms with Gasteiger partial charge in [-0.25, -0.2) is 0 Å². The summed E-state index contributed by atoms with van der Waals surface area (Å²) in [6, 6.07) is 5.33. The second kappa shape index (κ2) is 7.77. The van der Waals surface area contributed by atoms with Gasteiger partial charge in [0.25, 0.3) is 0 Å². The first-order chi connectivity index (χ1) is 12.4. The minimum atomic E-state index is -0.389. The Balaban J connectivity index is 1.76. The first kappa shape index (κ1) is 18.2. The molecule has 0 radical (unpaired) electrons. The molecule has 0 bridgehead atoms. The number of aryl methyl sites for hydroxylation is 1. The summed E-state index contributed by atoms with van der Waals surface area (Å²) < 4.78 is 12.5. The summed E-state index contributed by atoms with van der Waals surface area (Å²) in [7, 11) is 0. The number of thioether (sulfide) groups is 1. The Hall–Kier alpha value is -2.55. The van der Waals surface area contributed by atoms with Crippen molar-refractivity contribution in [2.75, 3.05) is 5.32 Å². The van der Waals surface area contributed by atoms with E-state index in [1.165, 1.54) is 11.8 Å². The molecular formula is C17H21N5O3S. The standard InChI is InChI=1S/C17H21N5O3S/c1-10(2)9-22-15(13-6-5-7-24-13)19-20-17(22)26-12(4)16(23)18-14-8-11(3)21-25-14/h5-8,10,12H,9H2,1-4H3,(H,18,23). The van der Waals surface area contributed by atoms with Crippen LogP contribution in [0.3, 0.4) is 0 Å². The number of nitrogens with zero attached hydrogens (tertiary/aromatic N) is 4. The van der Waals surface area contributed by atoms with E-state index in [1.54, 1.807) is 19.3 Å². The van der Waals surface area contributed by atoms with E-state index in [4.69, 9.17) is 8.94 Å². The molecule has 1 atom stereocenters. The molecule has 0 saturated heterocycles. The molecule has 3 rings (SSSR count). The average Bonchev–Trinajstić information content (AvgIpc) is 3.30. The van der Waals surface area contributed by atoms with Gasteiger partial charge in [-0.15, -0.1) is 10.2 Å². The van der Waals surface area contributed by atoms with Crippen LogP contribution in [-0.2, 0) is 11.3 Å². The molecule has 3 aromatic rings. The predicted octanol–water partition coefficient (Wildman–Crippen LogP) is 3.61. The highest BCUT2D eigenvalue weighted by molar-refractivity contribution is 8.00. The predicted molar refractivity (Wildman–Crippen MR) is 97.8 cm³/mol. The van der Waals surface area contributed by atoms with Gasteiger partial charge in [-0.05, 0) is 31.9 Å². The topological polar surface area (TPSA) is 99.0 Å². The fraction of sp³-hybridized carbons (Fsp3) is 0.412. The van der Waals surface area contributed by atoms with Crippen molar-refractivity contribution in [3.63, 3.8) is 0 Å². The van der Waals surface area contributed by atoms with Crippen LogP contribution >= 0.6 is 11.8 Å². The van der Waals surface area contributed by atoms with Crippen molar-refractivity contribution in [2.24, 2.45) is 5.92 Å². The van der Waals surface area contributed by atoms with Crippen molar-refractivity contribution >= 4 is 23.6 Å².